The first kappa shape index (κ1) is 20.9. The van der Waals surface area contributed by atoms with Crippen LogP contribution in [0.4, 0.5) is 13.2 Å². The highest BCUT2D eigenvalue weighted by Crippen LogP contribution is 2.34. The molecule has 0 aliphatic heterocycles. The lowest BCUT2D eigenvalue weighted by atomic mass is 10.1. The number of carbonyl (C=O) groups is 2. The van der Waals surface area contributed by atoms with E-state index >= 15 is 0 Å². The number of rotatable bonds is 6. The fraction of sp³-hybridized carbons (Fsp3) is 0.429. The summed E-state index contributed by atoms with van der Waals surface area (Å²) >= 11 is 0. The average Bonchev–Trinajstić information content (AvgIpc) is 2.49. The van der Waals surface area contributed by atoms with Crippen molar-refractivity contribution < 1.29 is 41.0 Å². The molecular formula is C14H16F3NO6S. The highest BCUT2D eigenvalue weighted by atomic mass is 32.2. The Morgan fingerprint density at radius 3 is 2.20 bits per heavy atom. The Hall–Kier alpha value is -2.14. The van der Waals surface area contributed by atoms with Gasteiger partial charge in [0, 0.05) is 0 Å². The number of ether oxygens (including phenoxy) is 1. The van der Waals surface area contributed by atoms with Gasteiger partial charge in [0.2, 0.25) is 10.0 Å². The minimum Gasteiger partial charge on any atom is -0.480 e. The Bertz CT molecular complexity index is 773. The second-order valence-electron chi connectivity index (χ2n) is 5.38. The Labute approximate surface area is 141 Å². The van der Waals surface area contributed by atoms with Gasteiger partial charge in [0.1, 0.15) is 6.04 Å². The minimum atomic E-state index is -5.01. The first-order chi connectivity index (χ1) is 11.3. The van der Waals surface area contributed by atoms with E-state index in [0.717, 1.165) is 13.2 Å². The predicted octanol–water partition coefficient (Wildman–Crippen LogP) is 1.88. The number of carboxylic acid groups (broad SMARTS) is 1. The summed E-state index contributed by atoms with van der Waals surface area (Å²) in [5.74, 6) is -3.40. The Balaban J connectivity index is 3.43. The van der Waals surface area contributed by atoms with Crippen molar-refractivity contribution in [1.82, 2.24) is 4.72 Å². The van der Waals surface area contributed by atoms with E-state index in [1.165, 1.54) is 13.8 Å². The molecule has 25 heavy (non-hydrogen) atoms. The maximum atomic E-state index is 13.1. The second kappa shape index (κ2) is 7.40. The topological polar surface area (TPSA) is 110 Å². The molecule has 11 heteroatoms. The summed E-state index contributed by atoms with van der Waals surface area (Å²) in [6, 6.07) is 0.158. The molecule has 7 nitrogen and oxygen atoms in total. The van der Waals surface area contributed by atoms with E-state index in [-0.39, 0.29) is 6.07 Å². The molecule has 0 amide bonds. The number of halogens is 3. The van der Waals surface area contributed by atoms with Crippen LogP contribution in [0.2, 0.25) is 0 Å². The molecule has 0 spiro atoms. The molecule has 0 aliphatic rings. The number of sulfonamides is 1. The van der Waals surface area contributed by atoms with Gasteiger partial charge in [0.05, 0.1) is 23.1 Å². The van der Waals surface area contributed by atoms with E-state index in [1.807, 2.05) is 4.72 Å². The number of benzene rings is 1. The average molecular weight is 383 g/mol. The molecular weight excluding hydrogens is 367 g/mol. The molecule has 1 unspecified atom stereocenters. The summed E-state index contributed by atoms with van der Waals surface area (Å²) in [7, 11) is -3.68. The number of carbonyl (C=O) groups excluding carboxylic acids is 1. The van der Waals surface area contributed by atoms with Crippen LogP contribution < -0.4 is 4.72 Å². The molecule has 2 N–H and O–H groups in total. The SMILES string of the molecule is COC(=O)c1ccc(S(=O)(=O)NC(C(=O)O)C(C)C)cc1C(F)(F)F. The van der Waals surface area contributed by atoms with E-state index in [9.17, 15) is 31.2 Å². The van der Waals surface area contributed by atoms with Crippen LogP contribution in [0, 0.1) is 5.92 Å². The lowest BCUT2D eigenvalue weighted by Crippen LogP contribution is -2.44. The molecule has 0 saturated heterocycles. The molecule has 140 valence electrons. The van der Waals surface area contributed by atoms with Crippen molar-refractivity contribution in [2.75, 3.05) is 7.11 Å². The summed E-state index contributed by atoms with van der Waals surface area (Å²) in [5, 5.41) is 9.02. The Morgan fingerprint density at radius 1 is 1.24 bits per heavy atom. The van der Waals surface area contributed by atoms with E-state index in [4.69, 9.17) is 5.11 Å². The fourth-order valence-electron chi connectivity index (χ4n) is 1.92. The third-order valence-electron chi connectivity index (χ3n) is 3.23. The first-order valence-electron chi connectivity index (χ1n) is 6.86. The van der Waals surface area contributed by atoms with Crippen molar-refractivity contribution in [2.24, 2.45) is 5.92 Å². The number of hydrogen-bond acceptors (Lipinski definition) is 5. The number of methoxy groups -OCH3 is 1. The molecule has 1 aromatic carbocycles. The molecule has 0 heterocycles. The smallest absolute Gasteiger partial charge is 0.417 e. The van der Waals surface area contributed by atoms with Gasteiger partial charge in [-0.3, -0.25) is 4.79 Å². The van der Waals surface area contributed by atoms with Crippen LogP contribution in [0.15, 0.2) is 23.1 Å². The standard InChI is InChI=1S/C14H16F3NO6S/c1-7(2)11(12(19)20)18-25(22,23)8-4-5-9(13(21)24-3)10(6-8)14(15,16)17/h4-7,11,18H,1-3H3,(H,19,20). The third kappa shape index (κ3) is 4.92. The van der Waals surface area contributed by atoms with Gasteiger partial charge >= 0.3 is 18.1 Å². The van der Waals surface area contributed by atoms with Crippen molar-refractivity contribution in [3.8, 4) is 0 Å². The van der Waals surface area contributed by atoms with Gasteiger partial charge in [-0.1, -0.05) is 13.8 Å². The lowest BCUT2D eigenvalue weighted by Gasteiger charge is -2.19. The predicted molar refractivity (Wildman–Crippen MR) is 79.4 cm³/mol. The van der Waals surface area contributed by atoms with Gasteiger partial charge in [0.15, 0.2) is 0 Å². The van der Waals surface area contributed by atoms with Crippen LogP contribution in [0.1, 0.15) is 29.8 Å². The largest absolute Gasteiger partial charge is 0.480 e. The normalized spacial score (nSPS) is 13.6. The van der Waals surface area contributed by atoms with Crippen LogP contribution in [-0.4, -0.2) is 38.6 Å². The summed E-state index contributed by atoms with van der Waals surface area (Å²) in [6.45, 7) is 2.87. The summed E-state index contributed by atoms with van der Waals surface area (Å²) in [4.78, 5) is 21.7. The van der Waals surface area contributed by atoms with Crippen molar-refractivity contribution in [2.45, 2.75) is 31.0 Å². The molecule has 1 aromatic rings. The number of hydrogen-bond donors (Lipinski definition) is 2. The molecule has 0 bridgehead atoms. The fourth-order valence-corrected chi connectivity index (χ4v) is 3.28. The number of nitrogens with one attached hydrogen (secondary N) is 1. The van der Waals surface area contributed by atoms with Gasteiger partial charge in [0.25, 0.3) is 0 Å². The van der Waals surface area contributed by atoms with Gasteiger partial charge in [-0.2, -0.15) is 17.9 Å². The van der Waals surface area contributed by atoms with Crippen LogP contribution in [-0.2, 0) is 25.7 Å². The Morgan fingerprint density at radius 2 is 1.80 bits per heavy atom. The number of esters is 1. The highest BCUT2D eigenvalue weighted by molar-refractivity contribution is 7.89. The van der Waals surface area contributed by atoms with E-state index in [2.05, 4.69) is 4.74 Å². The monoisotopic (exact) mass is 383 g/mol. The first-order valence-corrected chi connectivity index (χ1v) is 8.34. The van der Waals surface area contributed by atoms with E-state index < -0.39 is 56.1 Å². The molecule has 0 aromatic heterocycles. The van der Waals surface area contributed by atoms with Gasteiger partial charge in [-0.15, -0.1) is 0 Å². The lowest BCUT2D eigenvalue weighted by molar-refractivity contribution is -0.140. The van der Waals surface area contributed by atoms with Crippen LogP contribution >= 0.6 is 0 Å². The molecule has 0 aliphatic carbocycles. The molecule has 1 rings (SSSR count). The van der Waals surface area contributed by atoms with Crippen molar-refractivity contribution in [3.63, 3.8) is 0 Å². The van der Waals surface area contributed by atoms with Crippen molar-refractivity contribution >= 4 is 22.0 Å². The van der Waals surface area contributed by atoms with E-state index in [1.54, 1.807) is 0 Å². The van der Waals surface area contributed by atoms with Gasteiger partial charge in [-0.05, 0) is 24.1 Å². The number of alkyl halides is 3. The second-order valence-corrected chi connectivity index (χ2v) is 7.09. The number of carboxylic acids is 1. The summed E-state index contributed by atoms with van der Waals surface area (Å²) < 4.78 is 69.9. The van der Waals surface area contributed by atoms with Crippen LogP contribution in [0.25, 0.3) is 0 Å². The molecule has 0 radical (unpaired) electrons. The molecule has 1 atom stereocenters. The van der Waals surface area contributed by atoms with Gasteiger partial charge < -0.3 is 9.84 Å². The third-order valence-corrected chi connectivity index (χ3v) is 4.67. The quantitative estimate of drug-likeness (QED) is 0.726. The molecule has 0 saturated carbocycles. The van der Waals surface area contributed by atoms with E-state index in [0.29, 0.717) is 6.07 Å². The van der Waals surface area contributed by atoms with Crippen LogP contribution in [0.5, 0.6) is 0 Å². The molecule has 0 fully saturated rings. The van der Waals surface area contributed by atoms with Gasteiger partial charge in [-0.25, -0.2) is 13.2 Å². The maximum absolute atomic E-state index is 13.1. The minimum absolute atomic E-state index is 0.258. The highest BCUT2D eigenvalue weighted by Gasteiger charge is 2.37. The number of aliphatic carboxylic acids is 1. The Kier molecular flexibility index (Phi) is 6.19. The van der Waals surface area contributed by atoms with Crippen molar-refractivity contribution in [1.29, 1.82) is 0 Å². The van der Waals surface area contributed by atoms with Crippen molar-refractivity contribution in [3.05, 3.63) is 29.3 Å². The zero-order valence-electron chi connectivity index (χ0n) is 13.4. The zero-order chi connectivity index (χ0) is 19.6. The summed E-state index contributed by atoms with van der Waals surface area (Å²) in [6.07, 6.45) is -5.01. The zero-order valence-corrected chi connectivity index (χ0v) is 14.2. The summed E-state index contributed by atoms with van der Waals surface area (Å²) in [5.41, 5.74) is -2.36. The maximum Gasteiger partial charge on any atom is 0.417 e. The van der Waals surface area contributed by atoms with Crippen LogP contribution in [0.3, 0.4) is 0 Å².